The van der Waals surface area contributed by atoms with Gasteiger partial charge in [-0.25, -0.2) is 4.79 Å². The van der Waals surface area contributed by atoms with Gasteiger partial charge in [-0.2, -0.15) is 0 Å². The van der Waals surface area contributed by atoms with Gasteiger partial charge in [-0.15, -0.1) is 0 Å². The van der Waals surface area contributed by atoms with Gasteiger partial charge >= 0.3 is 5.69 Å². The van der Waals surface area contributed by atoms with Crippen LogP contribution in [-0.2, 0) is 6.54 Å². The van der Waals surface area contributed by atoms with Gasteiger partial charge in [0.2, 0.25) is 0 Å². The molecular formula is C19H20ClN3O4. The first kappa shape index (κ1) is 19.0. The molecule has 0 saturated carbocycles. The Morgan fingerprint density at radius 1 is 1.15 bits per heavy atom. The number of hydrogen-bond acceptors (Lipinski definition) is 4. The summed E-state index contributed by atoms with van der Waals surface area (Å²) in [7, 11) is 0. The van der Waals surface area contributed by atoms with Crippen LogP contribution in [0, 0.1) is 13.8 Å². The van der Waals surface area contributed by atoms with Crippen LogP contribution in [0.5, 0.6) is 5.75 Å². The van der Waals surface area contributed by atoms with Crippen LogP contribution in [0.1, 0.15) is 30.7 Å². The molecule has 142 valence electrons. The maximum atomic E-state index is 13.0. The Balaban J connectivity index is 2.23. The highest BCUT2D eigenvalue weighted by atomic mass is 35.5. The van der Waals surface area contributed by atoms with Crippen LogP contribution in [0.4, 0.5) is 0 Å². The molecule has 2 N–H and O–H groups in total. The third kappa shape index (κ3) is 3.55. The van der Waals surface area contributed by atoms with Gasteiger partial charge in [0.05, 0.1) is 28.6 Å². The van der Waals surface area contributed by atoms with Gasteiger partial charge in [0.15, 0.2) is 0 Å². The summed E-state index contributed by atoms with van der Waals surface area (Å²) in [6.07, 6.45) is -0.126. The molecule has 2 heterocycles. The molecule has 0 aliphatic carbocycles. The van der Waals surface area contributed by atoms with E-state index in [1.54, 1.807) is 32.0 Å². The Kier molecular flexibility index (Phi) is 4.97. The first-order valence-corrected chi connectivity index (χ1v) is 8.88. The summed E-state index contributed by atoms with van der Waals surface area (Å²) in [5.74, 6) is 0.360. The van der Waals surface area contributed by atoms with E-state index in [1.807, 2.05) is 13.8 Å². The van der Waals surface area contributed by atoms with Crippen LogP contribution in [0.3, 0.4) is 0 Å². The van der Waals surface area contributed by atoms with Crippen molar-refractivity contribution >= 4 is 22.5 Å². The fraction of sp³-hybridized carbons (Fsp3) is 0.316. The summed E-state index contributed by atoms with van der Waals surface area (Å²) in [4.78, 5) is 43.0. The smallest absolute Gasteiger partial charge is 0.329 e. The van der Waals surface area contributed by atoms with Gasteiger partial charge in [-0.3, -0.25) is 14.2 Å². The number of H-pyrrole nitrogens is 2. The van der Waals surface area contributed by atoms with E-state index < -0.39 is 11.2 Å². The zero-order valence-corrected chi connectivity index (χ0v) is 16.2. The quantitative estimate of drug-likeness (QED) is 0.716. The van der Waals surface area contributed by atoms with Crippen molar-refractivity contribution in [1.82, 2.24) is 14.5 Å². The predicted molar refractivity (Wildman–Crippen MR) is 105 cm³/mol. The Hall–Kier alpha value is -2.80. The molecule has 0 radical (unpaired) electrons. The molecule has 8 heteroatoms. The molecule has 3 aromatic rings. The highest BCUT2D eigenvalue weighted by Gasteiger charge is 2.17. The Morgan fingerprint density at radius 3 is 2.48 bits per heavy atom. The molecule has 0 bridgehead atoms. The lowest BCUT2D eigenvalue weighted by Crippen LogP contribution is -2.37. The highest BCUT2D eigenvalue weighted by Crippen LogP contribution is 2.30. The first-order valence-electron chi connectivity index (χ1n) is 8.50. The lowest BCUT2D eigenvalue weighted by Gasteiger charge is -2.14. The number of ether oxygens (including phenoxy) is 1. The summed E-state index contributed by atoms with van der Waals surface area (Å²) >= 11 is 6.37. The minimum Gasteiger partial charge on any atom is -0.489 e. The van der Waals surface area contributed by atoms with Gasteiger partial charge in [-0.05, 0) is 51.5 Å². The summed E-state index contributed by atoms with van der Waals surface area (Å²) in [5, 5.41) is 0.279. The normalized spacial score (nSPS) is 11.3. The second-order valence-corrected chi connectivity index (χ2v) is 7.11. The molecule has 1 aromatic carbocycles. The Bertz CT molecular complexity index is 1200. The van der Waals surface area contributed by atoms with E-state index in [0.717, 1.165) is 4.57 Å². The molecule has 0 amide bonds. The average Bonchev–Trinajstić information content (AvgIpc) is 2.55. The maximum Gasteiger partial charge on any atom is 0.329 e. The van der Waals surface area contributed by atoms with E-state index in [0.29, 0.717) is 28.1 Å². The fourth-order valence-corrected chi connectivity index (χ4v) is 3.29. The molecular weight excluding hydrogens is 370 g/mol. The van der Waals surface area contributed by atoms with E-state index in [1.165, 1.54) is 0 Å². The number of hydrogen-bond donors (Lipinski definition) is 2. The van der Waals surface area contributed by atoms with E-state index in [4.69, 9.17) is 16.3 Å². The molecule has 2 aromatic heterocycles. The minimum atomic E-state index is -0.611. The first-order chi connectivity index (χ1) is 12.7. The van der Waals surface area contributed by atoms with E-state index in [-0.39, 0.29) is 28.6 Å². The number of nitrogens with one attached hydrogen (secondary N) is 2. The lowest BCUT2D eigenvalue weighted by atomic mass is 10.1. The monoisotopic (exact) mass is 389 g/mol. The number of benzene rings is 1. The molecule has 3 rings (SSSR count). The number of rotatable bonds is 4. The molecule has 0 aliphatic heterocycles. The number of nitrogens with zero attached hydrogens (tertiary/aromatic N) is 1. The van der Waals surface area contributed by atoms with Crippen LogP contribution < -0.4 is 21.5 Å². The highest BCUT2D eigenvalue weighted by molar-refractivity contribution is 6.36. The number of halogens is 1. The number of aryl methyl sites for hydroxylation is 2. The summed E-state index contributed by atoms with van der Waals surface area (Å²) in [5.41, 5.74) is 0.551. The van der Waals surface area contributed by atoms with Crippen molar-refractivity contribution in [2.24, 2.45) is 0 Å². The van der Waals surface area contributed by atoms with Crippen LogP contribution in [0.2, 0.25) is 5.02 Å². The molecule has 0 unspecified atom stereocenters. The predicted octanol–water partition coefficient (Wildman–Crippen LogP) is 2.48. The summed E-state index contributed by atoms with van der Waals surface area (Å²) in [6.45, 7) is 7.07. The molecule has 0 fully saturated rings. The number of aromatic nitrogens is 3. The van der Waals surface area contributed by atoms with Crippen LogP contribution in [0.15, 0.2) is 32.6 Å². The molecule has 7 nitrogen and oxygen atoms in total. The molecule has 0 saturated heterocycles. The standard InChI is InChI=1S/C19H20ClN3O4/c1-9(2)27-14-6-5-13-15(16(14)20)18(25)23(19(26)22-13)8-12-10(3)7-11(4)21-17(12)24/h5-7,9H,8H2,1-4H3,(H,21,24)(H,22,26). The van der Waals surface area contributed by atoms with Crippen molar-refractivity contribution in [3.8, 4) is 5.75 Å². The second kappa shape index (κ2) is 7.08. The van der Waals surface area contributed by atoms with E-state index >= 15 is 0 Å². The van der Waals surface area contributed by atoms with Gasteiger partial charge in [-0.1, -0.05) is 11.6 Å². The number of fused-ring (bicyclic) bond motifs is 1. The zero-order chi connectivity index (χ0) is 19.9. The second-order valence-electron chi connectivity index (χ2n) is 6.73. The number of pyridine rings is 1. The molecule has 0 atom stereocenters. The Labute approximate surface area is 159 Å². The van der Waals surface area contributed by atoms with Crippen LogP contribution in [-0.4, -0.2) is 20.6 Å². The lowest BCUT2D eigenvalue weighted by molar-refractivity contribution is 0.243. The summed E-state index contributed by atoms with van der Waals surface area (Å²) in [6, 6.07) is 4.98. The minimum absolute atomic E-state index is 0.126. The summed E-state index contributed by atoms with van der Waals surface area (Å²) < 4.78 is 6.59. The van der Waals surface area contributed by atoms with Crippen molar-refractivity contribution in [3.63, 3.8) is 0 Å². The maximum absolute atomic E-state index is 13.0. The third-order valence-corrected chi connectivity index (χ3v) is 4.60. The van der Waals surface area contributed by atoms with Gasteiger partial charge in [0, 0.05) is 11.3 Å². The SMILES string of the molecule is Cc1cc(C)c(Cn2c(=O)[nH]c3ccc(OC(C)C)c(Cl)c3c2=O)c(=O)[nH]1. The largest absolute Gasteiger partial charge is 0.489 e. The van der Waals surface area contributed by atoms with E-state index in [2.05, 4.69) is 9.97 Å². The number of aromatic amines is 2. The third-order valence-electron chi connectivity index (χ3n) is 4.23. The molecule has 0 spiro atoms. The fourth-order valence-electron chi connectivity index (χ4n) is 3.00. The molecule has 0 aliphatic rings. The zero-order valence-electron chi connectivity index (χ0n) is 15.5. The molecule has 27 heavy (non-hydrogen) atoms. The van der Waals surface area contributed by atoms with Crippen molar-refractivity contribution < 1.29 is 4.74 Å². The van der Waals surface area contributed by atoms with Crippen molar-refractivity contribution in [2.75, 3.05) is 0 Å². The van der Waals surface area contributed by atoms with Crippen LogP contribution >= 0.6 is 11.6 Å². The van der Waals surface area contributed by atoms with Gasteiger partial charge in [0.25, 0.3) is 11.1 Å². The van der Waals surface area contributed by atoms with Crippen molar-refractivity contribution in [3.05, 3.63) is 71.2 Å². The van der Waals surface area contributed by atoms with Crippen molar-refractivity contribution in [1.29, 1.82) is 0 Å². The Morgan fingerprint density at radius 2 is 1.85 bits per heavy atom. The van der Waals surface area contributed by atoms with Crippen molar-refractivity contribution in [2.45, 2.75) is 40.3 Å². The van der Waals surface area contributed by atoms with Gasteiger partial charge in [0.1, 0.15) is 5.75 Å². The van der Waals surface area contributed by atoms with Crippen LogP contribution in [0.25, 0.3) is 10.9 Å². The topological polar surface area (TPSA) is 96.9 Å². The average molecular weight is 390 g/mol. The van der Waals surface area contributed by atoms with E-state index in [9.17, 15) is 14.4 Å². The van der Waals surface area contributed by atoms with Gasteiger partial charge < -0.3 is 14.7 Å².